The number of alkyl halides is 3. The van der Waals surface area contributed by atoms with Gasteiger partial charge in [-0.1, -0.05) is 24.3 Å². The van der Waals surface area contributed by atoms with Crippen LogP contribution in [0.25, 0.3) is 0 Å². The summed E-state index contributed by atoms with van der Waals surface area (Å²) in [6, 6.07) is 0.863. The predicted octanol–water partition coefficient (Wildman–Crippen LogP) is 4.10. The monoisotopic (exact) mass is 320 g/mol. The van der Waals surface area contributed by atoms with Crippen molar-refractivity contribution in [3.05, 3.63) is 54.0 Å². The standard InChI is InChI=1S/C17H15F3N2O/c18-17(19,20)12-4-6-22-15(14(12)21)23-13-8-10-7-11-3-1-2-5-16(11,13)9-10/h1-6,8,10-11H,7,9,21H2. The third-order valence-corrected chi connectivity index (χ3v) is 4.98. The highest BCUT2D eigenvalue weighted by molar-refractivity contribution is 5.56. The van der Waals surface area contributed by atoms with E-state index in [0.29, 0.717) is 17.6 Å². The Balaban J connectivity index is 1.69. The zero-order valence-electron chi connectivity index (χ0n) is 12.2. The van der Waals surface area contributed by atoms with Gasteiger partial charge in [-0.3, -0.25) is 0 Å². The van der Waals surface area contributed by atoms with E-state index in [1.54, 1.807) is 0 Å². The molecule has 1 saturated carbocycles. The highest BCUT2D eigenvalue weighted by Gasteiger charge is 2.53. The molecule has 0 aromatic carbocycles. The van der Waals surface area contributed by atoms with Gasteiger partial charge in [0.2, 0.25) is 5.88 Å². The Morgan fingerprint density at radius 1 is 1.30 bits per heavy atom. The summed E-state index contributed by atoms with van der Waals surface area (Å²) in [7, 11) is 0. The summed E-state index contributed by atoms with van der Waals surface area (Å²) >= 11 is 0. The number of fused-ring (bicyclic) bond motifs is 1. The van der Waals surface area contributed by atoms with E-state index in [1.165, 1.54) is 0 Å². The van der Waals surface area contributed by atoms with Gasteiger partial charge < -0.3 is 10.5 Å². The van der Waals surface area contributed by atoms with Crippen LogP contribution in [0.15, 0.2) is 48.4 Å². The first-order chi connectivity index (χ1) is 10.9. The lowest BCUT2D eigenvalue weighted by atomic mass is 9.74. The second kappa shape index (κ2) is 4.63. The first-order valence-electron chi connectivity index (χ1n) is 7.48. The molecule has 3 aliphatic rings. The minimum atomic E-state index is -4.53. The molecule has 0 amide bonds. The fourth-order valence-electron chi connectivity index (χ4n) is 3.95. The minimum Gasteiger partial charge on any atom is -0.441 e. The Kier molecular flexibility index (Phi) is 2.89. The quantitative estimate of drug-likeness (QED) is 0.892. The maximum Gasteiger partial charge on any atom is 0.418 e. The number of anilines is 1. The van der Waals surface area contributed by atoms with Crippen LogP contribution in [-0.4, -0.2) is 4.98 Å². The van der Waals surface area contributed by atoms with E-state index in [0.717, 1.165) is 25.1 Å². The van der Waals surface area contributed by atoms with Gasteiger partial charge in [0.25, 0.3) is 0 Å². The molecule has 2 bridgehead atoms. The van der Waals surface area contributed by atoms with Crippen molar-refractivity contribution in [2.24, 2.45) is 17.3 Å². The summed E-state index contributed by atoms with van der Waals surface area (Å²) in [4.78, 5) is 3.90. The largest absolute Gasteiger partial charge is 0.441 e. The maximum absolute atomic E-state index is 13.0. The Morgan fingerprint density at radius 3 is 2.91 bits per heavy atom. The van der Waals surface area contributed by atoms with E-state index in [1.807, 2.05) is 18.2 Å². The van der Waals surface area contributed by atoms with E-state index >= 15 is 0 Å². The molecule has 1 aromatic rings. The molecule has 6 heteroatoms. The smallest absolute Gasteiger partial charge is 0.418 e. The van der Waals surface area contributed by atoms with Crippen LogP contribution in [0.4, 0.5) is 18.9 Å². The van der Waals surface area contributed by atoms with Crippen molar-refractivity contribution < 1.29 is 17.9 Å². The Bertz CT molecular complexity index is 751. The fraction of sp³-hybridized carbons (Fsp3) is 0.353. The summed E-state index contributed by atoms with van der Waals surface area (Å²) in [6.07, 6.45) is 8.71. The second-order valence-corrected chi connectivity index (χ2v) is 6.30. The van der Waals surface area contributed by atoms with Crippen LogP contribution < -0.4 is 10.5 Å². The Labute approximate surface area is 131 Å². The molecule has 3 unspecified atom stereocenters. The van der Waals surface area contributed by atoms with Crippen molar-refractivity contribution in [1.29, 1.82) is 0 Å². The van der Waals surface area contributed by atoms with Gasteiger partial charge in [-0.05, 0) is 36.8 Å². The van der Waals surface area contributed by atoms with Gasteiger partial charge in [-0.25, -0.2) is 4.98 Å². The van der Waals surface area contributed by atoms with Crippen molar-refractivity contribution in [3.63, 3.8) is 0 Å². The molecule has 1 heterocycles. The highest BCUT2D eigenvalue weighted by Crippen LogP contribution is 2.60. The first kappa shape index (κ1) is 14.4. The fourth-order valence-corrected chi connectivity index (χ4v) is 3.95. The molecule has 1 aromatic heterocycles. The maximum atomic E-state index is 13.0. The molecule has 0 aliphatic heterocycles. The molecular formula is C17H15F3N2O. The molecule has 120 valence electrons. The predicted molar refractivity (Wildman–Crippen MR) is 79.3 cm³/mol. The number of nitrogens with zero attached hydrogens (tertiary/aromatic N) is 1. The zero-order valence-corrected chi connectivity index (χ0v) is 12.2. The van der Waals surface area contributed by atoms with Crippen LogP contribution in [-0.2, 0) is 6.18 Å². The van der Waals surface area contributed by atoms with Crippen LogP contribution in [0.3, 0.4) is 0 Å². The van der Waals surface area contributed by atoms with Gasteiger partial charge in [0, 0.05) is 6.20 Å². The molecular weight excluding hydrogens is 305 g/mol. The average Bonchev–Trinajstić information content (AvgIpc) is 3.01. The summed E-state index contributed by atoms with van der Waals surface area (Å²) < 4.78 is 44.7. The number of aromatic nitrogens is 1. The minimum absolute atomic E-state index is 0.172. The highest BCUT2D eigenvalue weighted by atomic mass is 19.4. The number of hydrogen-bond donors (Lipinski definition) is 1. The molecule has 4 rings (SSSR count). The lowest BCUT2D eigenvalue weighted by Crippen LogP contribution is -2.28. The van der Waals surface area contributed by atoms with Gasteiger partial charge >= 0.3 is 6.18 Å². The number of pyridine rings is 1. The lowest BCUT2D eigenvalue weighted by Gasteiger charge is -2.34. The molecule has 0 saturated heterocycles. The number of nitrogens with two attached hydrogens (primary N) is 1. The molecule has 1 spiro atoms. The van der Waals surface area contributed by atoms with Crippen molar-refractivity contribution in [2.75, 3.05) is 5.73 Å². The average molecular weight is 320 g/mol. The van der Waals surface area contributed by atoms with E-state index in [9.17, 15) is 13.2 Å². The molecule has 3 atom stereocenters. The van der Waals surface area contributed by atoms with Crippen molar-refractivity contribution in [1.82, 2.24) is 4.98 Å². The number of allylic oxidation sites excluding steroid dienone is 5. The van der Waals surface area contributed by atoms with E-state index < -0.39 is 17.4 Å². The van der Waals surface area contributed by atoms with Crippen molar-refractivity contribution in [3.8, 4) is 5.88 Å². The summed E-state index contributed by atoms with van der Waals surface area (Å²) in [6.45, 7) is 0. The normalized spacial score (nSPS) is 31.2. The first-order valence-corrected chi connectivity index (χ1v) is 7.48. The van der Waals surface area contributed by atoms with Crippen molar-refractivity contribution >= 4 is 5.69 Å². The molecule has 2 N–H and O–H groups in total. The van der Waals surface area contributed by atoms with E-state index in [4.69, 9.17) is 10.5 Å². The van der Waals surface area contributed by atoms with Gasteiger partial charge in [0.15, 0.2) is 0 Å². The number of nitrogen functional groups attached to an aromatic ring is 1. The molecule has 0 radical (unpaired) electrons. The third kappa shape index (κ3) is 2.08. The third-order valence-electron chi connectivity index (χ3n) is 4.98. The van der Waals surface area contributed by atoms with Crippen LogP contribution in [0.5, 0.6) is 5.88 Å². The van der Waals surface area contributed by atoms with Crippen LogP contribution in [0.1, 0.15) is 18.4 Å². The second-order valence-electron chi connectivity index (χ2n) is 6.30. The van der Waals surface area contributed by atoms with Crippen molar-refractivity contribution in [2.45, 2.75) is 19.0 Å². The van der Waals surface area contributed by atoms with E-state index in [2.05, 4.69) is 17.1 Å². The Hall–Kier alpha value is -2.24. The molecule has 1 fully saturated rings. The Morgan fingerprint density at radius 2 is 2.13 bits per heavy atom. The number of rotatable bonds is 2. The SMILES string of the molecule is Nc1c(C(F)(F)F)ccnc1OC1=CC2CC3C=CC=CC13C2. The van der Waals surface area contributed by atoms with Crippen LogP contribution in [0.2, 0.25) is 0 Å². The lowest BCUT2D eigenvalue weighted by molar-refractivity contribution is -0.137. The summed E-state index contributed by atoms with van der Waals surface area (Å²) in [5, 5.41) is 0. The number of halogens is 3. The summed E-state index contributed by atoms with van der Waals surface area (Å²) in [5.41, 5.74) is 4.00. The summed E-state index contributed by atoms with van der Waals surface area (Å²) in [5.74, 6) is 1.20. The molecule has 3 aliphatic carbocycles. The van der Waals surface area contributed by atoms with Gasteiger partial charge in [0.1, 0.15) is 11.4 Å². The van der Waals surface area contributed by atoms with Gasteiger partial charge in [-0.2, -0.15) is 13.2 Å². The zero-order chi connectivity index (χ0) is 16.2. The van der Waals surface area contributed by atoms with E-state index in [-0.39, 0.29) is 11.3 Å². The number of hydrogen-bond acceptors (Lipinski definition) is 3. The molecule has 3 nitrogen and oxygen atoms in total. The van der Waals surface area contributed by atoms with Gasteiger partial charge in [0.05, 0.1) is 11.0 Å². The van der Waals surface area contributed by atoms with Crippen LogP contribution in [0, 0.1) is 17.3 Å². The molecule has 23 heavy (non-hydrogen) atoms. The topological polar surface area (TPSA) is 48.1 Å². The van der Waals surface area contributed by atoms with Crippen LogP contribution >= 0.6 is 0 Å². The van der Waals surface area contributed by atoms with Gasteiger partial charge in [-0.15, -0.1) is 0 Å². The number of ether oxygens (including phenoxy) is 1.